The summed E-state index contributed by atoms with van der Waals surface area (Å²) in [5, 5.41) is 3.03. The summed E-state index contributed by atoms with van der Waals surface area (Å²) in [4.78, 5) is 11.3. The summed E-state index contributed by atoms with van der Waals surface area (Å²) < 4.78 is 0. The van der Waals surface area contributed by atoms with Gasteiger partial charge in [0.05, 0.1) is 0 Å². The predicted octanol–water partition coefficient (Wildman–Crippen LogP) is 3.06. The third-order valence-corrected chi connectivity index (χ3v) is 3.67. The van der Waals surface area contributed by atoms with Gasteiger partial charge >= 0.3 is 0 Å². The zero-order chi connectivity index (χ0) is 12.7. The number of hydrogen-bond donors (Lipinski definition) is 1. The van der Waals surface area contributed by atoms with Gasteiger partial charge in [-0.1, -0.05) is 57.7 Å². The van der Waals surface area contributed by atoms with E-state index in [-0.39, 0.29) is 5.91 Å². The van der Waals surface area contributed by atoms with E-state index >= 15 is 0 Å². The lowest BCUT2D eigenvalue weighted by molar-refractivity contribution is -0.117. The average molecular weight is 235 g/mol. The van der Waals surface area contributed by atoms with Crippen LogP contribution in [0, 0.1) is 0 Å². The zero-order valence-electron chi connectivity index (χ0n) is 11.4. The largest absolute Gasteiger partial charge is 0.350 e. The molecule has 0 saturated heterocycles. The van der Waals surface area contributed by atoms with E-state index in [2.05, 4.69) is 25.7 Å². The molecule has 0 unspecified atom stereocenters. The minimum Gasteiger partial charge on any atom is -0.350 e. The van der Waals surface area contributed by atoms with Crippen LogP contribution in [0.5, 0.6) is 0 Å². The Morgan fingerprint density at radius 1 is 1.29 bits per heavy atom. The number of hydrogen-bond acceptors (Lipinski definition) is 1. The highest BCUT2D eigenvalue weighted by Gasteiger charge is 2.18. The standard InChI is InChI=1S/C14H26BNO/c1-4-14(17)16-13-9-5-7-12(8-6-10-13)15-11(2)3/h4,11-13,15H,1,5-10H2,2-3H3,(H,16,17). The molecule has 2 nitrogen and oxygen atoms in total. The van der Waals surface area contributed by atoms with E-state index in [1.54, 1.807) is 0 Å². The third kappa shape index (κ3) is 5.95. The summed E-state index contributed by atoms with van der Waals surface area (Å²) in [6, 6.07) is 0.375. The summed E-state index contributed by atoms with van der Waals surface area (Å²) in [6.45, 7) is 8.12. The highest BCUT2D eigenvalue weighted by molar-refractivity contribution is 6.39. The van der Waals surface area contributed by atoms with Crippen LogP contribution in [0.15, 0.2) is 12.7 Å². The van der Waals surface area contributed by atoms with Crippen LogP contribution in [0.3, 0.4) is 0 Å². The zero-order valence-corrected chi connectivity index (χ0v) is 11.4. The van der Waals surface area contributed by atoms with E-state index in [9.17, 15) is 4.79 Å². The van der Waals surface area contributed by atoms with Crippen molar-refractivity contribution in [1.82, 2.24) is 5.32 Å². The first-order valence-electron chi connectivity index (χ1n) is 7.04. The SMILES string of the molecule is C=CC(=O)NC1CCCC(BC(C)C)CCC1. The van der Waals surface area contributed by atoms with Crippen molar-refractivity contribution in [2.75, 3.05) is 0 Å². The number of rotatable bonds is 4. The normalized spacial score (nSPS) is 25.8. The smallest absolute Gasteiger partial charge is 0.243 e. The molecule has 0 aromatic rings. The molecule has 0 atom stereocenters. The maximum Gasteiger partial charge on any atom is 0.243 e. The topological polar surface area (TPSA) is 29.1 Å². The van der Waals surface area contributed by atoms with Crippen LogP contribution in [0.2, 0.25) is 11.6 Å². The molecule has 0 aliphatic heterocycles. The molecule has 0 radical (unpaired) electrons. The Hall–Kier alpha value is -0.725. The summed E-state index contributed by atoms with van der Waals surface area (Å²) in [5.74, 6) is 1.70. The fraction of sp³-hybridized carbons (Fsp3) is 0.786. The van der Waals surface area contributed by atoms with Crippen LogP contribution in [-0.4, -0.2) is 19.2 Å². The molecule has 96 valence electrons. The predicted molar refractivity (Wildman–Crippen MR) is 75.8 cm³/mol. The van der Waals surface area contributed by atoms with E-state index in [0.29, 0.717) is 6.04 Å². The summed E-state index contributed by atoms with van der Waals surface area (Å²) >= 11 is 0. The van der Waals surface area contributed by atoms with Crippen molar-refractivity contribution in [3.8, 4) is 0 Å². The van der Waals surface area contributed by atoms with Crippen molar-refractivity contribution in [2.24, 2.45) is 0 Å². The van der Waals surface area contributed by atoms with Crippen LogP contribution in [0.4, 0.5) is 0 Å². The third-order valence-electron chi connectivity index (χ3n) is 3.67. The molecule has 0 aromatic heterocycles. The molecule has 0 aromatic carbocycles. The number of carbonyl (C=O) groups excluding carboxylic acids is 1. The van der Waals surface area contributed by atoms with Crippen molar-refractivity contribution in [3.63, 3.8) is 0 Å². The molecule has 0 heterocycles. The molecule has 0 bridgehead atoms. The lowest BCUT2D eigenvalue weighted by atomic mass is 9.53. The van der Waals surface area contributed by atoms with Gasteiger partial charge in [-0.15, -0.1) is 0 Å². The number of amides is 1. The Morgan fingerprint density at radius 3 is 2.35 bits per heavy atom. The van der Waals surface area contributed by atoms with Crippen molar-refractivity contribution in [3.05, 3.63) is 12.7 Å². The van der Waals surface area contributed by atoms with Crippen LogP contribution in [-0.2, 0) is 4.79 Å². The van der Waals surface area contributed by atoms with Gasteiger partial charge in [0.25, 0.3) is 0 Å². The maximum absolute atomic E-state index is 11.3. The second-order valence-corrected chi connectivity index (χ2v) is 5.77. The molecular formula is C14H26BNO. The minimum absolute atomic E-state index is 0.0192. The van der Waals surface area contributed by atoms with Gasteiger partial charge in [-0.3, -0.25) is 4.79 Å². The number of nitrogens with one attached hydrogen (secondary N) is 1. The van der Waals surface area contributed by atoms with Gasteiger partial charge in [-0.2, -0.15) is 0 Å². The van der Waals surface area contributed by atoms with Crippen molar-refractivity contribution in [2.45, 2.75) is 70.0 Å². The summed E-state index contributed by atoms with van der Waals surface area (Å²) in [5.41, 5.74) is 0. The first-order chi connectivity index (χ1) is 8.11. The minimum atomic E-state index is -0.0192. The van der Waals surface area contributed by atoms with Gasteiger partial charge in [0.1, 0.15) is 7.28 Å². The second-order valence-electron chi connectivity index (χ2n) is 5.77. The molecular weight excluding hydrogens is 209 g/mol. The second kappa shape index (κ2) is 7.57. The van der Waals surface area contributed by atoms with E-state index in [0.717, 1.165) is 24.5 Å². The molecule has 1 N–H and O–H groups in total. The Labute approximate surface area is 106 Å². The Balaban J connectivity index is 2.31. The Kier molecular flexibility index (Phi) is 6.39. The summed E-state index contributed by atoms with van der Waals surface area (Å²) in [7, 11) is 1.36. The highest BCUT2D eigenvalue weighted by atomic mass is 16.1. The first-order valence-corrected chi connectivity index (χ1v) is 7.04. The molecule has 1 aliphatic carbocycles. The van der Waals surface area contributed by atoms with E-state index in [1.165, 1.54) is 39.0 Å². The van der Waals surface area contributed by atoms with Gasteiger partial charge in [0.2, 0.25) is 5.91 Å². The van der Waals surface area contributed by atoms with Crippen LogP contribution < -0.4 is 5.32 Å². The van der Waals surface area contributed by atoms with Crippen LogP contribution >= 0.6 is 0 Å². The molecule has 1 aliphatic rings. The van der Waals surface area contributed by atoms with E-state index in [1.807, 2.05) is 0 Å². The molecule has 3 heteroatoms. The first kappa shape index (κ1) is 14.3. The van der Waals surface area contributed by atoms with Crippen molar-refractivity contribution < 1.29 is 4.79 Å². The quantitative estimate of drug-likeness (QED) is 0.588. The molecule has 1 saturated carbocycles. The fourth-order valence-corrected chi connectivity index (χ4v) is 2.90. The van der Waals surface area contributed by atoms with Crippen LogP contribution in [0.1, 0.15) is 52.4 Å². The molecule has 0 spiro atoms. The average Bonchev–Trinajstić information content (AvgIpc) is 2.24. The van der Waals surface area contributed by atoms with Crippen LogP contribution in [0.25, 0.3) is 0 Å². The van der Waals surface area contributed by atoms with Gasteiger partial charge in [-0.05, 0) is 18.9 Å². The monoisotopic (exact) mass is 235 g/mol. The summed E-state index contributed by atoms with van der Waals surface area (Å²) in [6.07, 6.45) is 8.80. The van der Waals surface area contributed by atoms with E-state index < -0.39 is 0 Å². The molecule has 1 amide bonds. The molecule has 17 heavy (non-hydrogen) atoms. The number of carbonyl (C=O) groups is 1. The van der Waals surface area contributed by atoms with E-state index in [4.69, 9.17) is 0 Å². The van der Waals surface area contributed by atoms with Crippen molar-refractivity contribution >= 4 is 13.2 Å². The Bertz CT molecular complexity index is 243. The van der Waals surface area contributed by atoms with Gasteiger partial charge in [-0.25, -0.2) is 0 Å². The lowest BCUT2D eigenvalue weighted by Gasteiger charge is -2.25. The Morgan fingerprint density at radius 2 is 1.88 bits per heavy atom. The van der Waals surface area contributed by atoms with Gasteiger partial charge in [0, 0.05) is 6.04 Å². The van der Waals surface area contributed by atoms with Crippen molar-refractivity contribution in [1.29, 1.82) is 0 Å². The highest BCUT2D eigenvalue weighted by Crippen LogP contribution is 2.28. The molecule has 1 rings (SSSR count). The van der Waals surface area contributed by atoms with Gasteiger partial charge < -0.3 is 5.32 Å². The lowest BCUT2D eigenvalue weighted by Crippen LogP contribution is -2.34. The fourth-order valence-electron chi connectivity index (χ4n) is 2.90. The molecule has 1 fully saturated rings. The van der Waals surface area contributed by atoms with Gasteiger partial charge in [0.15, 0.2) is 0 Å². The maximum atomic E-state index is 11.3.